The first-order valence-corrected chi connectivity index (χ1v) is 12.8. The Balaban J connectivity index is 1.51. The second-order valence-electron chi connectivity index (χ2n) is 8.61. The lowest BCUT2D eigenvalue weighted by Gasteiger charge is -2.34. The summed E-state index contributed by atoms with van der Waals surface area (Å²) in [4.78, 5) is 27.4. The molecule has 0 saturated heterocycles. The number of carbonyl (C=O) groups is 2. The van der Waals surface area contributed by atoms with Crippen molar-refractivity contribution in [3.63, 3.8) is 0 Å². The summed E-state index contributed by atoms with van der Waals surface area (Å²) in [5, 5.41) is 2.55. The van der Waals surface area contributed by atoms with Gasteiger partial charge in [-0.1, -0.05) is 36.4 Å². The molecule has 3 aromatic rings. The van der Waals surface area contributed by atoms with Crippen molar-refractivity contribution in [3.8, 4) is 5.75 Å². The molecule has 0 fully saturated rings. The summed E-state index contributed by atoms with van der Waals surface area (Å²) < 4.78 is 34.5. The zero-order chi connectivity index (χ0) is 24.7. The predicted molar refractivity (Wildman–Crippen MR) is 132 cm³/mol. The first-order valence-electron chi connectivity index (χ1n) is 11.3. The summed E-state index contributed by atoms with van der Waals surface area (Å²) >= 11 is 0. The van der Waals surface area contributed by atoms with Crippen LogP contribution in [0.5, 0.6) is 5.75 Å². The first-order chi connectivity index (χ1) is 16.8. The van der Waals surface area contributed by atoms with E-state index in [4.69, 9.17) is 4.74 Å². The molecule has 0 spiro atoms. The van der Waals surface area contributed by atoms with Gasteiger partial charge in [0.25, 0.3) is 21.8 Å². The van der Waals surface area contributed by atoms with Gasteiger partial charge in [-0.15, -0.1) is 0 Å². The van der Waals surface area contributed by atoms with E-state index in [0.717, 1.165) is 5.56 Å². The van der Waals surface area contributed by atoms with E-state index in [-0.39, 0.29) is 29.0 Å². The Morgan fingerprint density at radius 1 is 0.971 bits per heavy atom. The predicted octanol–water partition coefficient (Wildman–Crippen LogP) is 2.98. The lowest BCUT2D eigenvalue weighted by atomic mass is 10.1. The molecule has 1 N–H and O–H groups in total. The fourth-order valence-corrected chi connectivity index (χ4v) is 6.43. The molecule has 2 aliphatic rings. The number of nitrogens with one attached hydrogen (secondary N) is 1. The van der Waals surface area contributed by atoms with Gasteiger partial charge in [0.1, 0.15) is 5.75 Å². The normalized spacial score (nSPS) is 18.9. The van der Waals surface area contributed by atoms with Crippen LogP contribution in [0.2, 0.25) is 0 Å². The Labute approximate surface area is 204 Å². The van der Waals surface area contributed by atoms with Gasteiger partial charge in [0.05, 0.1) is 22.8 Å². The smallest absolute Gasteiger partial charge is 0.264 e. The maximum Gasteiger partial charge on any atom is 0.264 e. The number of sulfonamides is 1. The van der Waals surface area contributed by atoms with Crippen LogP contribution in [0.3, 0.4) is 0 Å². The number of rotatable bonds is 4. The summed E-state index contributed by atoms with van der Waals surface area (Å²) in [7, 11) is -2.40. The molecule has 2 aliphatic heterocycles. The molecular formula is C26H25N3O5S. The van der Waals surface area contributed by atoms with E-state index in [1.807, 2.05) is 25.1 Å². The lowest BCUT2D eigenvalue weighted by Crippen LogP contribution is -2.50. The van der Waals surface area contributed by atoms with Crippen LogP contribution in [0.15, 0.2) is 77.7 Å². The van der Waals surface area contributed by atoms with Gasteiger partial charge in [-0.25, -0.2) is 8.42 Å². The van der Waals surface area contributed by atoms with Crippen molar-refractivity contribution < 1.29 is 22.7 Å². The second kappa shape index (κ2) is 8.74. The molecule has 2 heterocycles. The Hall–Kier alpha value is -3.85. The van der Waals surface area contributed by atoms with Gasteiger partial charge >= 0.3 is 0 Å². The largest absolute Gasteiger partial charge is 0.477 e. The molecule has 180 valence electrons. The Morgan fingerprint density at radius 3 is 2.46 bits per heavy atom. The molecule has 35 heavy (non-hydrogen) atoms. The number of ether oxygens (including phenoxy) is 1. The summed E-state index contributed by atoms with van der Waals surface area (Å²) in [6.07, 6.45) is -0.257. The maximum absolute atomic E-state index is 13.7. The third-order valence-corrected chi connectivity index (χ3v) is 8.26. The van der Waals surface area contributed by atoms with Crippen molar-refractivity contribution in [2.45, 2.75) is 30.4 Å². The fraction of sp³-hybridized carbons (Fsp3) is 0.231. The molecule has 8 nitrogen and oxygen atoms in total. The molecule has 3 aromatic carbocycles. The molecule has 2 atom stereocenters. The van der Waals surface area contributed by atoms with Gasteiger partial charge in [-0.3, -0.25) is 13.9 Å². The van der Waals surface area contributed by atoms with E-state index in [1.165, 1.54) is 28.4 Å². The number of para-hydroxylation sites is 3. The number of nitrogens with zero attached hydrogens (tertiary/aromatic N) is 2. The van der Waals surface area contributed by atoms with Gasteiger partial charge in [0.2, 0.25) is 0 Å². The lowest BCUT2D eigenvalue weighted by molar-refractivity contribution is -0.127. The molecule has 0 unspecified atom stereocenters. The summed E-state index contributed by atoms with van der Waals surface area (Å²) in [6, 6.07) is 20.2. The van der Waals surface area contributed by atoms with Crippen molar-refractivity contribution in [1.29, 1.82) is 0 Å². The van der Waals surface area contributed by atoms with Crippen LogP contribution in [0, 0.1) is 0 Å². The number of likely N-dealkylation sites (N-methyl/N-ethyl adjacent to an activating group) is 1. The third-order valence-electron chi connectivity index (χ3n) is 6.34. The van der Waals surface area contributed by atoms with E-state index in [2.05, 4.69) is 5.32 Å². The number of amides is 2. The van der Waals surface area contributed by atoms with Gasteiger partial charge in [0, 0.05) is 18.7 Å². The Kier molecular flexibility index (Phi) is 5.72. The molecule has 0 aromatic heterocycles. The van der Waals surface area contributed by atoms with E-state index in [9.17, 15) is 18.0 Å². The minimum Gasteiger partial charge on any atom is -0.477 e. The Morgan fingerprint density at radius 2 is 1.69 bits per heavy atom. The highest BCUT2D eigenvalue weighted by Gasteiger charge is 2.37. The quantitative estimate of drug-likeness (QED) is 0.605. The molecule has 0 aliphatic carbocycles. The van der Waals surface area contributed by atoms with Gasteiger partial charge in [-0.05, 0) is 55.3 Å². The molecule has 5 rings (SSSR count). The SMILES string of the molecule is CNC(=O)[C@H]1CN(C(=O)c2cccc(S(=O)(=O)N3c4ccccc4C[C@H]3C)c2)c2ccccc2O1. The number of anilines is 2. The molecule has 0 bridgehead atoms. The van der Waals surface area contributed by atoms with Crippen molar-refractivity contribution in [2.75, 3.05) is 22.8 Å². The standard InChI is InChI=1S/C26H25N3O5S/c1-17-14-18-8-3-4-11-21(18)29(17)35(32,33)20-10-7-9-19(15-20)26(31)28-16-24(25(30)27-2)34-23-13-6-5-12-22(23)28/h3-13,15,17,24H,14,16H2,1-2H3,(H,27,30)/t17-,24-/m1/s1. The van der Waals surface area contributed by atoms with Crippen LogP contribution < -0.4 is 19.3 Å². The molecule has 0 saturated carbocycles. The van der Waals surface area contributed by atoms with Gasteiger partial charge in [0.15, 0.2) is 6.10 Å². The number of carbonyl (C=O) groups excluding carboxylic acids is 2. The summed E-state index contributed by atoms with van der Waals surface area (Å²) in [5.41, 5.74) is 2.36. The fourth-order valence-electron chi connectivity index (χ4n) is 4.69. The average Bonchev–Trinajstić information content (AvgIpc) is 3.23. The second-order valence-corrected chi connectivity index (χ2v) is 10.4. The number of hydrogen-bond acceptors (Lipinski definition) is 5. The van der Waals surface area contributed by atoms with E-state index in [1.54, 1.807) is 42.5 Å². The van der Waals surface area contributed by atoms with Crippen molar-refractivity contribution in [2.24, 2.45) is 0 Å². The molecular weight excluding hydrogens is 466 g/mol. The highest BCUT2D eigenvalue weighted by atomic mass is 32.2. The third kappa shape index (κ3) is 3.91. The maximum atomic E-state index is 13.7. The average molecular weight is 492 g/mol. The highest BCUT2D eigenvalue weighted by molar-refractivity contribution is 7.92. The van der Waals surface area contributed by atoms with Crippen LogP contribution in [0.4, 0.5) is 11.4 Å². The Bertz CT molecular complexity index is 1420. The number of fused-ring (bicyclic) bond motifs is 2. The van der Waals surface area contributed by atoms with Crippen LogP contribution >= 0.6 is 0 Å². The number of hydrogen-bond donors (Lipinski definition) is 1. The van der Waals surface area contributed by atoms with Crippen LogP contribution in [-0.2, 0) is 21.2 Å². The van der Waals surface area contributed by atoms with Crippen LogP contribution in [-0.4, -0.2) is 46.0 Å². The van der Waals surface area contributed by atoms with E-state index >= 15 is 0 Å². The van der Waals surface area contributed by atoms with Crippen LogP contribution in [0.25, 0.3) is 0 Å². The zero-order valence-corrected chi connectivity index (χ0v) is 20.2. The van der Waals surface area contributed by atoms with Crippen molar-refractivity contribution in [3.05, 3.63) is 83.9 Å². The van der Waals surface area contributed by atoms with E-state index < -0.39 is 22.0 Å². The van der Waals surface area contributed by atoms with Gasteiger partial charge < -0.3 is 15.0 Å². The molecule has 2 amide bonds. The monoisotopic (exact) mass is 491 g/mol. The van der Waals surface area contributed by atoms with Gasteiger partial charge in [-0.2, -0.15) is 0 Å². The van der Waals surface area contributed by atoms with Crippen LogP contribution in [0.1, 0.15) is 22.8 Å². The van der Waals surface area contributed by atoms with Crippen molar-refractivity contribution in [1.82, 2.24) is 5.32 Å². The molecule has 0 radical (unpaired) electrons. The zero-order valence-electron chi connectivity index (χ0n) is 19.3. The first kappa shape index (κ1) is 22.9. The summed E-state index contributed by atoms with van der Waals surface area (Å²) in [5.74, 6) is -0.358. The minimum atomic E-state index is -3.90. The number of benzene rings is 3. The van der Waals surface area contributed by atoms with E-state index in [0.29, 0.717) is 23.5 Å². The minimum absolute atomic E-state index is 0.00301. The summed E-state index contributed by atoms with van der Waals surface area (Å²) in [6.45, 7) is 1.87. The molecule has 9 heteroatoms. The highest BCUT2D eigenvalue weighted by Crippen LogP contribution is 2.37. The van der Waals surface area contributed by atoms with Crippen molar-refractivity contribution >= 4 is 33.2 Å². The topological polar surface area (TPSA) is 96.0 Å².